The largest absolute Gasteiger partial charge is 0.241 e. The quantitative estimate of drug-likeness (QED) is 0.440. The van der Waals surface area contributed by atoms with Crippen molar-refractivity contribution in [2.24, 2.45) is 0 Å². The third-order valence-corrected chi connectivity index (χ3v) is 7.12. The Kier molecular flexibility index (Phi) is 4.48. The highest BCUT2D eigenvalue weighted by atomic mass is 32.2. The monoisotopic (exact) mass is 357 g/mol. The van der Waals surface area contributed by atoms with Crippen LogP contribution in [0.4, 0.5) is 0 Å². The first kappa shape index (κ1) is 16.3. The summed E-state index contributed by atoms with van der Waals surface area (Å²) in [5, 5.41) is 2.44. The highest BCUT2D eigenvalue weighted by Gasteiger charge is 2.24. The number of nitrogens with zero attached hydrogens (tertiary/aromatic N) is 3. The summed E-state index contributed by atoms with van der Waals surface area (Å²) in [5.74, 6) is 1.58. The Morgan fingerprint density at radius 3 is 2.71 bits per heavy atom. The van der Waals surface area contributed by atoms with E-state index in [-0.39, 0.29) is 0 Å². The van der Waals surface area contributed by atoms with Gasteiger partial charge in [-0.25, -0.2) is 15.0 Å². The van der Waals surface area contributed by atoms with Gasteiger partial charge in [-0.15, -0.1) is 23.1 Å². The standard InChI is InChI=1S/C19H23N3S2/c1-4-9-23-19-17-16(20-10-21-19)14-12-7-5-6-8-13(12)15(11(2)3)22-18(14)24-17/h10-11H,4-9H2,1-3H3. The molecule has 3 aromatic heterocycles. The molecule has 0 fully saturated rings. The van der Waals surface area contributed by atoms with Crippen LogP contribution in [0.15, 0.2) is 11.4 Å². The molecule has 1 aliphatic carbocycles. The van der Waals surface area contributed by atoms with Crippen LogP contribution in [0.5, 0.6) is 0 Å². The van der Waals surface area contributed by atoms with Crippen LogP contribution in [0.3, 0.4) is 0 Å². The molecule has 0 aromatic carbocycles. The molecule has 0 aliphatic heterocycles. The summed E-state index contributed by atoms with van der Waals surface area (Å²) in [6.07, 6.45) is 7.80. The molecule has 3 heterocycles. The minimum Gasteiger partial charge on any atom is -0.241 e. The topological polar surface area (TPSA) is 38.7 Å². The number of thioether (sulfide) groups is 1. The van der Waals surface area contributed by atoms with Gasteiger partial charge in [-0.05, 0) is 54.9 Å². The van der Waals surface area contributed by atoms with Gasteiger partial charge in [0.15, 0.2) is 0 Å². The molecular formula is C19H23N3S2. The van der Waals surface area contributed by atoms with Gasteiger partial charge in [0.25, 0.3) is 0 Å². The van der Waals surface area contributed by atoms with Crippen LogP contribution in [0.25, 0.3) is 20.4 Å². The summed E-state index contributed by atoms with van der Waals surface area (Å²) >= 11 is 3.63. The first-order valence-corrected chi connectivity index (χ1v) is 10.7. The molecule has 0 atom stereocenters. The van der Waals surface area contributed by atoms with Crippen molar-refractivity contribution in [3.63, 3.8) is 0 Å². The minimum atomic E-state index is 0.478. The van der Waals surface area contributed by atoms with Crippen molar-refractivity contribution in [2.75, 3.05) is 5.75 Å². The van der Waals surface area contributed by atoms with Crippen molar-refractivity contribution in [1.82, 2.24) is 15.0 Å². The molecule has 4 rings (SSSR count). The maximum Gasteiger partial charge on any atom is 0.126 e. The Labute approximate surface area is 151 Å². The van der Waals surface area contributed by atoms with Gasteiger partial charge in [-0.1, -0.05) is 20.8 Å². The lowest BCUT2D eigenvalue weighted by Crippen LogP contribution is -2.10. The summed E-state index contributed by atoms with van der Waals surface area (Å²) in [6, 6.07) is 0. The first-order valence-electron chi connectivity index (χ1n) is 8.92. The molecule has 0 N–H and O–H groups in total. The minimum absolute atomic E-state index is 0.478. The van der Waals surface area contributed by atoms with Crippen molar-refractivity contribution in [1.29, 1.82) is 0 Å². The molecule has 0 amide bonds. The zero-order chi connectivity index (χ0) is 16.7. The maximum atomic E-state index is 5.09. The fourth-order valence-electron chi connectivity index (χ4n) is 3.65. The van der Waals surface area contributed by atoms with Crippen LogP contribution in [0.2, 0.25) is 0 Å². The second kappa shape index (κ2) is 6.60. The van der Waals surface area contributed by atoms with Crippen LogP contribution >= 0.6 is 23.1 Å². The SMILES string of the molecule is CCCSc1ncnc2c1sc1nc(C(C)C)c3c(c12)CCCC3. The van der Waals surface area contributed by atoms with E-state index in [1.807, 2.05) is 11.8 Å². The van der Waals surface area contributed by atoms with Crippen molar-refractivity contribution in [2.45, 2.75) is 63.8 Å². The van der Waals surface area contributed by atoms with E-state index >= 15 is 0 Å². The number of hydrogen-bond donors (Lipinski definition) is 0. The average Bonchev–Trinajstić information content (AvgIpc) is 2.98. The van der Waals surface area contributed by atoms with Gasteiger partial charge in [0, 0.05) is 11.1 Å². The second-order valence-electron chi connectivity index (χ2n) is 6.80. The summed E-state index contributed by atoms with van der Waals surface area (Å²) in [5.41, 5.74) is 5.46. The van der Waals surface area contributed by atoms with Gasteiger partial charge in [0.1, 0.15) is 16.2 Å². The lowest BCUT2D eigenvalue weighted by atomic mass is 9.86. The van der Waals surface area contributed by atoms with E-state index in [2.05, 4.69) is 30.7 Å². The molecule has 3 nitrogen and oxygen atoms in total. The van der Waals surface area contributed by atoms with Gasteiger partial charge in [0.05, 0.1) is 10.2 Å². The Hall–Kier alpha value is -1.20. The summed E-state index contributed by atoms with van der Waals surface area (Å²) in [7, 11) is 0. The molecule has 0 saturated carbocycles. The third-order valence-electron chi connectivity index (χ3n) is 4.71. The normalized spacial score (nSPS) is 14.7. The predicted molar refractivity (Wildman–Crippen MR) is 104 cm³/mol. The van der Waals surface area contributed by atoms with Gasteiger partial charge in [0.2, 0.25) is 0 Å². The van der Waals surface area contributed by atoms with E-state index in [1.165, 1.54) is 52.6 Å². The molecule has 0 unspecified atom stereocenters. The highest BCUT2D eigenvalue weighted by Crippen LogP contribution is 2.42. The van der Waals surface area contributed by atoms with E-state index in [0.29, 0.717) is 5.92 Å². The number of aryl methyl sites for hydroxylation is 1. The summed E-state index contributed by atoms with van der Waals surface area (Å²) < 4.78 is 1.23. The summed E-state index contributed by atoms with van der Waals surface area (Å²) in [4.78, 5) is 15.5. The summed E-state index contributed by atoms with van der Waals surface area (Å²) in [6.45, 7) is 6.74. The number of fused-ring (bicyclic) bond motifs is 5. The van der Waals surface area contributed by atoms with E-state index in [1.54, 1.807) is 17.7 Å². The van der Waals surface area contributed by atoms with Crippen molar-refractivity contribution < 1.29 is 0 Å². The molecule has 0 spiro atoms. The number of pyridine rings is 1. The molecule has 0 radical (unpaired) electrons. The smallest absolute Gasteiger partial charge is 0.126 e. The number of rotatable bonds is 4. The number of thiophene rings is 1. The Bertz CT molecular complexity index is 899. The average molecular weight is 358 g/mol. The molecule has 1 aliphatic rings. The van der Waals surface area contributed by atoms with Crippen LogP contribution < -0.4 is 0 Å². The number of aromatic nitrogens is 3. The van der Waals surface area contributed by atoms with Crippen LogP contribution in [0, 0.1) is 0 Å². The maximum absolute atomic E-state index is 5.09. The van der Waals surface area contributed by atoms with Crippen molar-refractivity contribution in [3.8, 4) is 0 Å². The van der Waals surface area contributed by atoms with E-state index in [9.17, 15) is 0 Å². The van der Waals surface area contributed by atoms with Gasteiger partial charge < -0.3 is 0 Å². The van der Waals surface area contributed by atoms with Crippen LogP contribution in [0.1, 0.15) is 62.8 Å². The molecule has 3 aromatic rings. The Morgan fingerprint density at radius 1 is 1.17 bits per heavy atom. The van der Waals surface area contributed by atoms with E-state index in [4.69, 9.17) is 4.98 Å². The van der Waals surface area contributed by atoms with Crippen LogP contribution in [-0.4, -0.2) is 20.7 Å². The molecule has 126 valence electrons. The lowest BCUT2D eigenvalue weighted by molar-refractivity contribution is 0.667. The van der Waals surface area contributed by atoms with E-state index in [0.717, 1.165) is 27.5 Å². The highest BCUT2D eigenvalue weighted by molar-refractivity contribution is 7.99. The molecule has 5 heteroatoms. The third kappa shape index (κ3) is 2.62. The fourth-order valence-corrected chi connectivity index (χ4v) is 5.75. The Balaban J connectivity index is 2.02. The van der Waals surface area contributed by atoms with Gasteiger partial charge >= 0.3 is 0 Å². The lowest BCUT2D eigenvalue weighted by Gasteiger charge is -2.21. The zero-order valence-corrected chi connectivity index (χ0v) is 16.2. The van der Waals surface area contributed by atoms with Crippen LogP contribution in [-0.2, 0) is 12.8 Å². The second-order valence-corrected chi connectivity index (χ2v) is 8.89. The van der Waals surface area contributed by atoms with Crippen molar-refractivity contribution in [3.05, 3.63) is 23.1 Å². The molecule has 0 bridgehead atoms. The molecule has 0 saturated heterocycles. The molecule has 24 heavy (non-hydrogen) atoms. The molecular weight excluding hydrogens is 334 g/mol. The number of hydrogen-bond acceptors (Lipinski definition) is 5. The van der Waals surface area contributed by atoms with Gasteiger partial charge in [-0.3, -0.25) is 0 Å². The predicted octanol–water partition coefficient (Wildman–Crippen LogP) is 5.74. The fraction of sp³-hybridized carbons (Fsp3) is 0.526. The van der Waals surface area contributed by atoms with Crippen molar-refractivity contribution >= 4 is 43.5 Å². The Morgan fingerprint density at radius 2 is 1.96 bits per heavy atom. The van der Waals surface area contributed by atoms with E-state index < -0.39 is 0 Å². The van der Waals surface area contributed by atoms with Gasteiger partial charge in [-0.2, -0.15) is 0 Å². The zero-order valence-electron chi connectivity index (χ0n) is 14.6. The first-order chi connectivity index (χ1) is 11.7.